The van der Waals surface area contributed by atoms with Crippen LogP contribution in [0.2, 0.25) is 5.02 Å². The number of halogens is 2. The van der Waals surface area contributed by atoms with Gasteiger partial charge >= 0.3 is 5.97 Å². The molecule has 2 saturated heterocycles. The maximum Gasteiger partial charge on any atom is 0.306 e. The first-order valence-corrected chi connectivity index (χ1v) is 15.6. The van der Waals surface area contributed by atoms with Gasteiger partial charge in [-0.15, -0.1) is 0 Å². The van der Waals surface area contributed by atoms with Gasteiger partial charge in [-0.25, -0.2) is 0 Å². The molecule has 4 aliphatic rings. The molecule has 4 aliphatic heterocycles. The van der Waals surface area contributed by atoms with Gasteiger partial charge < -0.3 is 29.7 Å². The lowest BCUT2D eigenvalue weighted by molar-refractivity contribution is -0.145. The van der Waals surface area contributed by atoms with E-state index in [1.165, 1.54) is 9.80 Å². The number of para-hydroxylation sites is 1. The molecule has 6 rings (SSSR count). The molecular formula is C32H31BrClN3O7. The molecule has 2 fully saturated rings. The third-order valence-corrected chi connectivity index (χ3v) is 9.61. The molecule has 2 aromatic carbocycles. The van der Waals surface area contributed by atoms with Crippen LogP contribution in [0.5, 0.6) is 0 Å². The maximum absolute atomic E-state index is 14.6. The number of β-amino-alcohol motifs (C(OH)–C–C–N with tert-alkyl or cyclic N) is 1. The lowest BCUT2D eigenvalue weighted by Gasteiger charge is -2.35. The van der Waals surface area contributed by atoms with E-state index in [-0.39, 0.29) is 26.1 Å². The summed E-state index contributed by atoms with van der Waals surface area (Å²) in [6.07, 6.45) is 4.90. The molecular weight excluding hydrogens is 654 g/mol. The number of likely N-dealkylation sites (tertiary alicyclic amines) is 1. The van der Waals surface area contributed by atoms with Crippen LogP contribution in [0.3, 0.4) is 0 Å². The minimum absolute atomic E-state index is 0.0876. The molecule has 4 heterocycles. The number of ether oxygens (including phenoxy) is 2. The molecule has 0 aliphatic carbocycles. The Morgan fingerprint density at radius 3 is 2.52 bits per heavy atom. The molecule has 10 nitrogen and oxygen atoms in total. The number of carbonyl (C=O) groups is 4. The number of allylic oxidation sites excluding steroid dienone is 1. The highest BCUT2D eigenvalue weighted by atomic mass is 79.9. The van der Waals surface area contributed by atoms with Crippen molar-refractivity contribution in [2.75, 3.05) is 31.2 Å². The Morgan fingerprint density at radius 2 is 1.77 bits per heavy atom. The number of cyclic esters (lactones) is 1. The molecule has 2 aromatic rings. The van der Waals surface area contributed by atoms with Crippen molar-refractivity contribution in [2.45, 2.75) is 36.6 Å². The van der Waals surface area contributed by atoms with Crippen LogP contribution in [0.15, 0.2) is 77.3 Å². The van der Waals surface area contributed by atoms with Crippen molar-refractivity contribution in [1.29, 1.82) is 0 Å². The number of rotatable bonds is 4. The molecule has 3 amide bonds. The maximum atomic E-state index is 14.6. The van der Waals surface area contributed by atoms with Crippen molar-refractivity contribution < 1.29 is 33.8 Å². The summed E-state index contributed by atoms with van der Waals surface area (Å²) < 4.78 is 12.6. The van der Waals surface area contributed by atoms with E-state index in [9.17, 15) is 24.3 Å². The minimum atomic E-state index is -1.47. The summed E-state index contributed by atoms with van der Waals surface area (Å²) in [5, 5.41) is 13.3. The van der Waals surface area contributed by atoms with Crippen LogP contribution < -0.4 is 10.2 Å². The van der Waals surface area contributed by atoms with Crippen LogP contribution >= 0.6 is 27.5 Å². The average molecular weight is 685 g/mol. The predicted octanol–water partition coefficient (Wildman–Crippen LogP) is 3.29. The number of benzene rings is 2. The highest BCUT2D eigenvalue weighted by Crippen LogP contribution is 2.58. The molecule has 0 unspecified atom stereocenters. The Morgan fingerprint density at radius 1 is 1.02 bits per heavy atom. The first-order chi connectivity index (χ1) is 21.3. The fraction of sp³-hybridized carbons (Fsp3) is 0.375. The van der Waals surface area contributed by atoms with Gasteiger partial charge in [0, 0.05) is 24.0 Å². The summed E-state index contributed by atoms with van der Waals surface area (Å²) in [7, 11) is 0. The summed E-state index contributed by atoms with van der Waals surface area (Å²) in [4.78, 5) is 58.3. The second kappa shape index (κ2) is 12.5. The molecule has 0 radical (unpaired) electrons. The van der Waals surface area contributed by atoms with E-state index in [4.69, 9.17) is 21.1 Å². The topological polar surface area (TPSA) is 125 Å². The van der Waals surface area contributed by atoms with Gasteiger partial charge in [-0.05, 0) is 30.2 Å². The number of hydrogen-bond acceptors (Lipinski definition) is 7. The van der Waals surface area contributed by atoms with Crippen LogP contribution in [-0.2, 0) is 28.7 Å². The van der Waals surface area contributed by atoms with Gasteiger partial charge in [0.15, 0.2) is 0 Å². The number of hydrogen-bond donors (Lipinski definition) is 2. The van der Waals surface area contributed by atoms with E-state index < -0.39 is 65.9 Å². The second-order valence-electron chi connectivity index (χ2n) is 11.1. The summed E-state index contributed by atoms with van der Waals surface area (Å²) in [5.74, 6) is -3.88. The van der Waals surface area contributed by atoms with E-state index in [2.05, 4.69) is 21.2 Å². The quantitative estimate of drug-likeness (QED) is 0.374. The monoisotopic (exact) mass is 683 g/mol. The fourth-order valence-corrected chi connectivity index (χ4v) is 7.66. The molecule has 44 heavy (non-hydrogen) atoms. The van der Waals surface area contributed by atoms with Crippen molar-refractivity contribution >= 4 is 56.9 Å². The summed E-state index contributed by atoms with van der Waals surface area (Å²) in [6, 6.07) is 14.1. The lowest BCUT2D eigenvalue weighted by Crippen LogP contribution is -2.56. The summed E-state index contributed by atoms with van der Waals surface area (Å²) >= 11 is 10.1. The largest absolute Gasteiger partial charge is 0.463 e. The highest BCUT2D eigenvalue weighted by Gasteiger charge is 2.74. The molecule has 1 spiro atoms. The van der Waals surface area contributed by atoms with Gasteiger partial charge in [0.2, 0.25) is 11.8 Å². The van der Waals surface area contributed by atoms with Crippen LogP contribution in [0.4, 0.5) is 5.69 Å². The summed E-state index contributed by atoms with van der Waals surface area (Å²) in [6.45, 7) is -0.535. The number of fused-ring (bicyclic) bond motifs is 2. The van der Waals surface area contributed by atoms with Gasteiger partial charge in [-0.3, -0.25) is 19.2 Å². The van der Waals surface area contributed by atoms with Crippen LogP contribution in [0.25, 0.3) is 0 Å². The van der Waals surface area contributed by atoms with Crippen LogP contribution in [0, 0.1) is 11.8 Å². The highest BCUT2D eigenvalue weighted by molar-refractivity contribution is 9.11. The Bertz CT molecular complexity index is 1530. The van der Waals surface area contributed by atoms with Gasteiger partial charge in [-0.1, -0.05) is 82.1 Å². The zero-order valence-corrected chi connectivity index (χ0v) is 25.9. The number of amides is 3. The van der Waals surface area contributed by atoms with Gasteiger partial charge in [-0.2, -0.15) is 0 Å². The lowest BCUT2D eigenvalue weighted by atomic mass is 9.74. The number of carbonyl (C=O) groups excluding carboxylic acids is 4. The van der Waals surface area contributed by atoms with Crippen molar-refractivity contribution in [1.82, 2.24) is 10.2 Å². The zero-order chi connectivity index (χ0) is 31.0. The van der Waals surface area contributed by atoms with Crippen molar-refractivity contribution in [3.8, 4) is 0 Å². The Balaban J connectivity index is 1.45. The fourth-order valence-electron chi connectivity index (χ4n) is 6.69. The van der Waals surface area contributed by atoms with Gasteiger partial charge in [0.1, 0.15) is 24.4 Å². The average Bonchev–Trinajstić information content (AvgIpc) is 3.61. The SMILES string of the molecule is O=C1CC/C=C\CN(c2ccccc2Cl)C(=O)[C@H]2N(CCO)C(=O)[C@@H]3[C@@H](C(=O)N[C@@H](c4ccccc4)CO1)[C@@H]1O[C@@]32C=C1Br. The van der Waals surface area contributed by atoms with Gasteiger partial charge in [0.05, 0.1) is 35.2 Å². The van der Waals surface area contributed by atoms with Crippen LogP contribution in [0.1, 0.15) is 24.4 Å². The number of anilines is 1. The van der Waals surface area contributed by atoms with Crippen molar-refractivity contribution in [3.63, 3.8) is 0 Å². The Labute approximate surface area is 267 Å². The third-order valence-electron chi connectivity index (χ3n) is 8.61. The van der Waals surface area contributed by atoms with Crippen LogP contribution in [-0.4, -0.2) is 77.7 Å². The molecule has 0 aromatic heterocycles. The van der Waals surface area contributed by atoms with E-state index >= 15 is 0 Å². The first-order valence-electron chi connectivity index (χ1n) is 14.5. The van der Waals surface area contributed by atoms with E-state index in [0.717, 1.165) is 5.56 Å². The third kappa shape index (κ3) is 5.25. The normalized spacial score (nSPS) is 31.4. The molecule has 6 atom stereocenters. The Kier molecular flexibility index (Phi) is 8.65. The predicted molar refractivity (Wildman–Crippen MR) is 165 cm³/mol. The van der Waals surface area contributed by atoms with Gasteiger partial charge in [0.25, 0.3) is 5.91 Å². The summed E-state index contributed by atoms with van der Waals surface area (Å²) in [5.41, 5.74) is -0.322. The molecule has 2 N–H and O–H groups in total. The number of nitrogens with zero attached hydrogens (tertiary/aromatic N) is 2. The first kappa shape index (κ1) is 30.5. The number of esters is 1. The smallest absolute Gasteiger partial charge is 0.306 e. The van der Waals surface area contributed by atoms with E-state index in [1.54, 1.807) is 42.5 Å². The van der Waals surface area contributed by atoms with E-state index in [1.807, 2.05) is 30.3 Å². The zero-order valence-electron chi connectivity index (χ0n) is 23.6. The minimum Gasteiger partial charge on any atom is -0.463 e. The Hall–Kier alpha value is -3.51. The second-order valence-corrected chi connectivity index (χ2v) is 12.5. The molecule has 5 bridgehead atoms. The van der Waals surface area contributed by atoms with E-state index in [0.29, 0.717) is 21.6 Å². The number of nitrogens with one attached hydrogen (secondary N) is 1. The standard InChI is InChI=1S/C32H31BrClN3O7/c33-20-17-32-26-25(27(20)44-32)29(40)35-22(19-9-3-1-4-10-19)18-43-24(39)13-5-2-8-14-36(23-12-7-6-11-21(23)34)31(42)28(32)37(15-16-38)30(26)41/h1-4,6-12,17,22,25-28,38H,5,13-16,18H2,(H,35,40)/b8-2-/t22-,25-,26+,27-,28-,32+/m1/s1. The number of aliphatic hydroxyl groups is 1. The van der Waals surface area contributed by atoms with Crippen molar-refractivity contribution in [2.24, 2.45) is 11.8 Å². The number of aliphatic hydroxyl groups excluding tert-OH is 1. The molecule has 0 saturated carbocycles. The van der Waals surface area contributed by atoms with Crippen molar-refractivity contribution in [3.05, 3.63) is 87.9 Å². The molecule has 230 valence electrons. The molecule has 12 heteroatoms.